The Morgan fingerprint density at radius 1 is 1.42 bits per heavy atom. The fourth-order valence-electron chi connectivity index (χ4n) is 1.86. The summed E-state index contributed by atoms with van der Waals surface area (Å²) in [5, 5.41) is 7.34. The zero-order valence-electron chi connectivity index (χ0n) is 11.0. The maximum atomic E-state index is 13.9. The summed E-state index contributed by atoms with van der Waals surface area (Å²) >= 11 is 5.75. The second-order valence-electron chi connectivity index (χ2n) is 4.65. The van der Waals surface area contributed by atoms with Crippen molar-refractivity contribution < 1.29 is 4.39 Å². The van der Waals surface area contributed by atoms with Crippen molar-refractivity contribution >= 4 is 28.8 Å². The number of halogens is 2. The zero-order chi connectivity index (χ0) is 14.2. The summed E-state index contributed by atoms with van der Waals surface area (Å²) in [5.74, 6) is 0.256. The molecule has 1 aromatic carbocycles. The van der Waals surface area contributed by atoms with Gasteiger partial charge in [0.05, 0.1) is 22.1 Å². The van der Waals surface area contributed by atoms with Gasteiger partial charge in [-0.1, -0.05) is 31.5 Å². The molecule has 0 aliphatic carbocycles. The van der Waals surface area contributed by atoms with E-state index in [1.807, 2.05) is 13.8 Å². The number of anilines is 3. The van der Waals surface area contributed by atoms with Crippen LogP contribution in [0.2, 0.25) is 5.02 Å². The van der Waals surface area contributed by atoms with Crippen LogP contribution in [0.3, 0.4) is 0 Å². The van der Waals surface area contributed by atoms with E-state index in [-0.39, 0.29) is 16.6 Å². The van der Waals surface area contributed by atoms with Crippen LogP contribution in [0, 0.1) is 5.82 Å². The van der Waals surface area contributed by atoms with Gasteiger partial charge in [0.15, 0.2) is 11.6 Å². The van der Waals surface area contributed by atoms with E-state index in [1.54, 1.807) is 23.9 Å². The van der Waals surface area contributed by atoms with E-state index >= 15 is 0 Å². The maximum Gasteiger partial charge on any atom is 0.165 e. The van der Waals surface area contributed by atoms with Crippen LogP contribution in [0.1, 0.15) is 25.5 Å². The predicted molar refractivity (Wildman–Crippen MR) is 76.4 cm³/mol. The van der Waals surface area contributed by atoms with Gasteiger partial charge in [0.2, 0.25) is 0 Å². The average Bonchev–Trinajstić information content (AvgIpc) is 2.63. The minimum Gasteiger partial charge on any atom is -0.394 e. The summed E-state index contributed by atoms with van der Waals surface area (Å²) < 4.78 is 15.5. The van der Waals surface area contributed by atoms with Gasteiger partial charge in [-0.2, -0.15) is 5.10 Å². The van der Waals surface area contributed by atoms with E-state index in [1.165, 1.54) is 6.07 Å². The molecule has 0 bridgehead atoms. The molecule has 2 aromatic rings. The van der Waals surface area contributed by atoms with Crippen molar-refractivity contribution in [3.63, 3.8) is 0 Å². The van der Waals surface area contributed by atoms with Crippen molar-refractivity contribution in [3.05, 3.63) is 34.7 Å². The molecule has 0 aliphatic heterocycles. The van der Waals surface area contributed by atoms with Gasteiger partial charge in [0.25, 0.3) is 0 Å². The third kappa shape index (κ3) is 2.51. The summed E-state index contributed by atoms with van der Waals surface area (Å²) in [4.78, 5) is 0. The highest BCUT2D eigenvalue weighted by Crippen LogP contribution is 2.32. The van der Waals surface area contributed by atoms with Crippen molar-refractivity contribution in [1.82, 2.24) is 9.78 Å². The first-order valence-electron chi connectivity index (χ1n) is 5.95. The topological polar surface area (TPSA) is 55.9 Å². The molecule has 0 radical (unpaired) electrons. The number of rotatable bonds is 3. The normalized spacial score (nSPS) is 11.1. The molecule has 19 heavy (non-hydrogen) atoms. The van der Waals surface area contributed by atoms with E-state index in [9.17, 15) is 4.39 Å². The monoisotopic (exact) mass is 282 g/mol. The Kier molecular flexibility index (Phi) is 3.66. The molecule has 0 saturated heterocycles. The number of hydrogen-bond donors (Lipinski definition) is 2. The Hall–Kier alpha value is -1.75. The molecule has 2 rings (SSSR count). The summed E-state index contributed by atoms with van der Waals surface area (Å²) in [6.07, 6.45) is 0. The average molecular weight is 283 g/mol. The third-order valence-corrected chi connectivity index (χ3v) is 3.16. The van der Waals surface area contributed by atoms with Gasteiger partial charge < -0.3 is 11.1 Å². The van der Waals surface area contributed by atoms with Gasteiger partial charge in [-0.15, -0.1) is 0 Å². The van der Waals surface area contributed by atoms with Crippen LogP contribution in [-0.2, 0) is 7.05 Å². The van der Waals surface area contributed by atoms with Crippen molar-refractivity contribution in [2.75, 3.05) is 11.1 Å². The molecule has 1 aromatic heterocycles. The number of nitrogens with zero attached hydrogens (tertiary/aromatic N) is 2. The molecule has 0 aliphatic rings. The lowest BCUT2D eigenvalue weighted by Crippen LogP contribution is -2.03. The van der Waals surface area contributed by atoms with Crippen LogP contribution in [0.4, 0.5) is 21.6 Å². The van der Waals surface area contributed by atoms with Crippen molar-refractivity contribution in [3.8, 4) is 0 Å². The molecule has 0 atom stereocenters. The minimum absolute atomic E-state index is 0.0647. The van der Waals surface area contributed by atoms with E-state index in [2.05, 4.69) is 10.4 Å². The van der Waals surface area contributed by atoms with Crippen LogP contribution in [-0.4, -0.2) is 9.78 Å². The first kappa shape index (κ1) is 13.7. The van der Waals surface area contributed by atoms with Crippen LogP contribution in [0.5, 0.6) is 0 Å². The standard InChI is InChI=1S/C13H16ClFN4/c1-7(2)12-11(16)13(19(3)18-12)17-9-6-4-5-8(14)10(9)15/h4-7,17H,16H2,1-3H3. The fraction of sp³-hybridized carbons (Fsp3) is 0.308. The van der Waals surface area contributed by atoms with E-state index < -0.39 is 5.82 Å². The van der Waals surface area contributed by atoms with Crippen LogP contribution in [0.25, 0.3) is 0 Å². The molecule has 0 amide bonds. The molecule has 0 fully saturated rings. The second kappa shape index (κ2) is 5.09. The van der Waals surface area contributed by atoms with Gasteiger partial charge in [-0.25, -0.2) is 4.39 Å². The van der Waals surface area contributed by atoms with E-state index in [0.717, 1.165) is 5.69 Å². The SMILES string of the molecule is CC(C)c1nn(C)c(Nc2cccc(Cl)c2F)c1N. The molecule has 6 heteroatoms. The van der Waals surface area contributed by atoms with Gasteiger partial charge in [0.1, 0.15) is 0 Å². The van der Waals surface area contributed by atoms with Gasteiger partial charge >= 0.3 is 0 Å². The molecular formula is C13H16ClFN4. The number of nitrogens with one attached hydrogen (secondary N) is 1. The first-order valence-corrected chi connectivity index (χ1v) is 6.33. The number of benzene rings is 1. The summed E-state index contributed by atoms with van der Waals surface area (Å²) in [6.45, 7) is 4.00. The Balaban J connectivity index is 2.41. The molecule has 0 unspecified atom stereocenters. The van der Waals surface area contributed by atoms with Crippen LogP contribution >= 0.6 is 11.6 Å². The molecule has 102 valence electrons. The Morgan fingerprint density at radius 3 is 2.68 bits per heavy atom. The molecule has 1 heterocycles. The number of nitrogen functional groups attached to an aromatic ring is 1. The van der Waals surface area contributed by atoms with Gasteiger partial charge in [-0.05, 0) is 18.1 Å². The Labute approximate surface area is 116 Å². The summed E-state index contributed by atoms with van der Waals surface area (Å²) in [5.41, 5.74) is 7.62. The number of nitrogens with two attached hydrogens (primary N) is 1. The summed E-state index contributed by atoms with van der Waals surface area (Å²) in [7, 11) is 1.76. The number of aromatic nitrogens is 2. The highest BCUT2D eigenvalue weighted by atomic mass is 35.5. The van der Waals surface area contributed by atoms with Crippen molar-refractivity contribution in [2.24, 2.45) is 7.05 Å². The van der Waals surface area contributed by atoms with E-state index in [4.69, 9.17) is 17.3 Å². The van der Waals surface area contributed by atoms with Crippen LogP contribution in [0.15, 0.2) is 18.2 Å². The lowest BCUT2D eigenvalue weighted by atomic mass is 10.1. The highest BCUT2D eigenvalue weighted by molar-refractivity contribution is 6.31. The molecular weight excluding hydrogens is 267 g/mol. The minimum atomic E-state index is -0.504. The predicted octanol–water partition coefficient (Wildman–Crippen LogP) is 3.66. The van der Waals surface area contributed by atoms with Crippen molar-refractivity contribution in [1.29, 1.82) is 0 Å². The van der Waals surface area contributed by atoms with Gasteiger partial charge in [-0.3, -0.25) is 4.68 Å². The molecule has 4 nitrogen and oxygen atoms in total. The quantitative estimate of drug-likeness (QED) is 0.903. The molecule has 3 N–H and O–H groups in total. The number of hydrogen-bond acceptors (Lipinski definition) is 3. The second-order valence-corrected chi connectivity index (χ2v) is 5.06. The number of aryl methyl sites for hydroxylation is 1. The Morgan fingerprint density at radius 2 is 2.11 bits per heavy atom. The maximum absolute atomic E-state index is 13.9. The molecule has 0 spiro atoms. The largest absolute Gasteiger partial charge is 0.394 e. The lowest BCUT2D eigenvalue weighted by molar-refractivity contribution is 0.631. The highest BCUT2D eigenvalue weighted by Gasteiger charge is 2.17. The molecule has 0 saturated carbocycles. The van der Waals surface area contributed by atoms with E-state index in [0.29, 0.717) is 11.5 Å². The zero-order valence-corrected chi connectivity index (χ0v) is 11.8. The van der Waals surface area contributed by atoms with Crippen molar-refractivity contribution in [2.45, 2.75) is 19.8 Å². The van der Waals surface area contributed by atoms with Gasteiger partial charge in [0, 0.05) is 7.05 Å². The summed E-state index contributed by atoms with van der Waals surface area (Å²) in [6, 6.07) is 4.76. The van der Waals surface area contributed by atoms with Crippen LogP contribution < -0.4 is 11.1 Å². The Bertz CT molecular complexity index is 607. The smallest absolute Gasteiger partial charge is 0.165 e. The lowest BCUT2D eigenvalue weighted by Gasteiger charge is -2.09. The fourth-order valence-corrected chi connectivity index (χ4v) is 2.04. The first-order chi connectivity index (χ1) is 8.91. The third-order valence-electron chi connectivity index (χ3n) is 2.86.